The molecule has 2 rings (SSSR count). The number of rotatable bonds is 1. The van der Waals surface area contributed by atoms with Crippen LogP contribution in [0.25, 0.3) is 0 Å². The molecule has 15 heavy (non-hydrogen) atoms. The van der Waals surface area contributed by atoms with Crippen LogP contribution in [0.5, 0.6) is 0 Å². The van der Waals surface area contributed by atoms with E-state index in [4.69, 9.17) is 11.6 Å². The third kappa shape index (κ3) is 2.41. The highest BCUT2D eigenvalue weighted by Gasteiger charge is 2.13. The van der Waals surface area contributed by atoms with Gasteiger partial charge in [-0.3, -0.25) is 0 Å². The average molecular weight is 224 g/mol. The lowest BCUT2D eigenvalue weighted by molar-refractivity contribution is 0.208. The summed E-state index contributed by atoms with van der Waals surface area (Å²) in [4.78, 5) is 11.6. The topological polar surface area (TPSA) is 44.4 Å². The highest BCUT2D eigenvalue weighted by atomic mass is 35.5. The predicted octanol–water partition coefficient (Wildman–Crippen LogP) is 2.21. The fourth-order valence-electron chi connectivity index (χ4n) is 1.22. The first kappa shape index (κ1) is 9.86. The lowest BCUT2D eigenvalue weighted by Gasteiger charge is -2.16. The molecule has 0 radical (unpaired) electrons. The van der Waals surface area contributed by atoms with Gasteiger partial charge in [0, 0.05) is 16.9 Å². The first-order chi connectivity index (χ1) is 7.25. The molecule has 0 spiro atoms. The van der Waals surface area contributed by atoms with Gasteiger partial charge in [0.05, 0.1) is 6.54 Å². The zero-order valence-corrected chi connectivity index (χ0v) is 8.66. The predicted molar refractivity (Wildman–Crippen MR) is 59.5 cm³/mol. The van der Waals surface area contributed by atoms with Crippen LogP contribution in [0.2, 0.25) is 5.02 Å². The van der Waals surface area contributed by atoms with Crippen molar-refractivity contribution < 1.29 is 4.79 Å². The maximum atomic E-state index is 11.6. The van der Waals surface area contributed by atoms with E-state index in [2.05, 4.69) is 10.7 Å². The van der Waals surface area contributed by atoms with Gasteiger partial charge in [-0.1, -0.05) is 11.6 Å². The summed E-state index contributed by atoms with van der Waals surface area (Å²) in [7, 11) is 0. The molecule has 0 saturated heterocycles. The van der Waals surface area contributed by atoms with E-state index in [0.717, 1.165) is 5.69 Å². The fourth-order valence-corrected chi connectivity index (χ4v) is 1.35. The van der Waals surface area contributed by atoms with E-state index in [1.54, 1.807) is 30.5 Å². The Hall–Kier alpha value is -1.68. The number of urea groups is 1. The van der Waals surface area contributed by atoms with Crippen LogP contribution in [-0.4, -0.2) is 17.6 Å². The molecule has 1 aromatic rings. The molecular formula is C10H10ClN3O. The zero-order chi connectivity index (χ0) is 10.7. The third-order valence-electron chi connectivity index (χ3n) is 1.98. The number of nitrogens with one attached hydrogen (secondary N) is 2. The highest BCUT2D eigenvalue weighted by Crippen LogP contribution is 2.13. The van der Waals surface area contributed by atoms with Gasteiger partial charge < -0.3 is 10.7 Å². The molecule has 0 bridgehead atoms. The van der Waals surface area contributed by atoms with Gasteiger partial charge in [0.25, 0.3) is 0 Å². The minimum Gasteiger partial charge on any atom is -0.306 e. The van der Waals surface area contributed by atoms with Crippen molar-refractivity contribution >= 4 is 23.3 Å². The second-order valence-corrected chi connectivity index (χ2v) is 3.52. The quantitative estimate of drug-likeness (QED) is 0.767. The number of hydrazine groups is 1. The van der Waals surface area contributed by atoms with Crippen molar-refractivity contribution in [3.63, 3.8) is 0 Å². The Balaban J connectivity index is 1.96. The zero-order valence-electron chi connectivity index (χ0n) is 7.90. The average Bonchev–Trinajstić information content (AvgIpc) is 2.74. The molecular weight excluding hydrogens is 214 g/mol. The van der Waals surface area contributed by atoms with Crippen molar-refractivity contribution in [3.05, 3.63) is 41.6 Å². The summed E-state index contributed by atoms with van der Waals surface area (Å²) in [6, 6.07) is 6.77. The van der Waals surface area contributed by atoms with Crippen LogP contribution >= 0.6 is 11.6 Å². The van der Waals surface area contributed by atoms with Gasteiger partial charge in [-0.2, -0.15) is 0 Å². The number of nitrogens with zero attached hydrogens (tertiary/aromatic N) is 1. The Labute approximate surface area is 92.5 Å². The molecule has 0 fully saturated rings. The van der Waals surface area contributed by atoms with E-state index in [1.165, 1.54) is 5.01 Å². The molecule has 0 atom stereocenters. The van der Waals surface area contributed by atoms with Gasteiger partial charge in [-0.15, -0.1) is 0 Å². The number of halogens is 1. The molecule has 1 heterocycles. The number of carbonyl (C=O) groups is 1. The van der Waals surface area contributed by atoms with Crippen LogP contribution < -0.4 is 10.7 Å². The number of benzene rings is 1. The van der Waals surface area contributed by atoms with E-state index in [-0.39, 0.29) is 6.03 Å². The van der Waals surface area contributed by atoms with Gasteiger partial charge in [0.15, 0.2) is 0 Å². The minimum absolute atomic E-state index is 0.192. The molecule has 4 nitrogen and oxygen atoms in total. The van der Waals surface area contributed by atoms with Crippen LogP contribution in [0.3, 0.4) is 0 Å². The summed E-state index contributed by atoms with van der Waals surface area (Å²) in [5.74, 6) is 0. The molecule has 0 aliphatic carbocycles. The van der Waals surface area contributed by atoms with Gasteiger partial charge in [0.1, 0.15) is 0 Å². The lowest BCUT2D eigenvalue weighted by atomic mass is 10.3. The van der Waals surface area contributed by atoms with E-state index >= 15 is 0 Å². The minimum atomic E-state index is -0.192. The second kappa shape index (κ2) is 4.23. The van der Waals surface area contributed by atoms with E-state index < -0.39 is 0 Å². The van der Waals surface area contributed by atoms with Gasteiger partial charge in [0.2, 0.25) is 0 Å². The van der Waals surface area contributed by atoms with Crippen molar-refractivity contribution in [2.75, 3.05) is 11.9 Å². The number of amides is 2. The van der Waals surface area contributed by atoms with Crippen LogP contribution in [0, 0.1) is 0 Å². The van der Waals surface area contributed by atoms with E-state index in [0.29, 0.717) is 11.6 Å². The number of hydrogen-bond acceptors (Lipinski definition) is 2. The molecule has 1 aliphatic rings. The molecule has 1 aromatic carbocycles. The SMILES string of the molecule is O=C(Nc1ccc(Cl)cc1)N1CC=CN1. The Morgan fingerprint density at radius 2 is 2.13 bits per heavy atom. The highest BCUT2D eigenvalue weighted by molar-refractivity contribution is 6.30. The molecule has 0 unspecified atom stereocenters. The molecule has 5 heteroatoms. The van der Waals surface area contributed by atoms with Crippen LogP contribution in [-0.2, 0) is 0 Å². The standard InChI is InChI=1S/C10H10ClN3O/c11-8-2-4-9(5-3-8)13-10(15)14-7-1-6-12-14/h1-6,12H,7H2,(H,13,15). The molecule has 2 amide bonds. The van der Waals surface area contributed by atoms with Gasteiger partial charge in [-0.05, 0) is 30.3 Å². The van der Waals surface area contributed by atoms with Crippen LogP contribution in [0.1, 0.15) is 0 Å². The Morgan fingerprint density at radius 1 is 1.40 bits per heavy atom. The number of carbonyl (C=O) groups excluding carboxylic acids is 1. The molecule has 0 saturated carbocycles. The van der Waals surface area contributed by atoms with Crippen LogP contribution in [0.15, 0.2) is 36.5 Å². The monoisotopic (exact) mass is 223 g/mol. The summed E-state index contributed by atoms with van der Waals surface area (Å²) >= 11 is 5.73. The summed E-state index contributed by atoms with van der Waals surface area (Å²) in [5.41, 5.74) is 3.52. The van der Waals surface area contributed by atoms with Crippen molar-refractivity contribution in [1.82, 2.24) is 10.4 Å². The molecule has 2 N–H and O–H groups in total. The first-order valence-corrected chi connectivity index (χ1v) is 4.89. The summed E-state index contributed by atoms with van der Waals surface area (Å²) in [6.07, 6.45) is 3.59. The number of hydrogen-bond donors (Lipinski definition) is 2. The second-order valence-electron chi connectivity index (χ2n) is 3.08. The summed E-state index contributed by atoms with van der Waals surface area (Å²) in [5, 5.41) is 4.85. The van der Waals surface area contributed by atoms with E-state index in [9.17, 15) is 4.79 Å². The third-order valence-corrected chi connectivity index (χ3v) is 2.23. The lowest BCUT2D eigenvalue weighted by Crippen LogP contribution is -2.39. The van der Waals surface area contributed by atoms with Crippen LogP contribution in [0.4, 0.5) is 10.5 Å². The van der Waals surface area contributed by atoms with Crippen molar-refractivity contribution in [3.8, 4) is 0 Å². The molecule has 1 aliphatic heterocycles. The van der Waals surface area contributed by atoms with Gasteiger partial charge >= 0.3 is 6.03 Å². The Morgan fingerprint density at radius 3 is 2.73 bits per heavy atom. The first-order valence-electron chi connectivity index (χ1n) is 4.51. The summed E-state index contributed by atoms with van der Waals surface area (Å²) in [6.45, 7) is 0.569. The summed E-state index contributed by atoms with van der Waals surface area (Å²) < 4.78 is 0. The van der Waals surface area contributed by atoms with Crippen molar-refractivity contribution in [2.45, 2.75) is 0 Å². The molecule has 0 aromatic heterocycles. The van der Waals surface area contributed by atoms with Crippen molar-refractivity contribution in [2.24, 2.45) is 0 Å². The van der Waals surface area contributed by atoms with Gasteiger partial charge in [-0.25, -0.2) is 9.80 Å². The fraction of sp³-hybridized carbons (Fsp3) is 0.100. The Kier molecular flexibility index (Phi) is 2.78. The van der Waals surface area contributed by atoms with Crippen molar-refractivity contribution in [1.29, 1.82) is 0 Å². The molecule has 78 valence electrons. The van der Waals surface area contributed by atoms with E-state index in [1.807, 2.05) is 6.08 Å². The maximum Gasteiger partial charge on any atom is 0.340 e. The maximum absolute atomic E-state index is 11.6. The normalized spacial score (nSPS) is 13.8. The number of anilines is 1. The largest absolute Gasteiger partial charge is 0.340 e. The smallest absolute Gasteiger partial charge is 0.306 e. The Bertz CT molecular complexity index is 380.